The zero-order valence-corrected chi connectivity index (χ0v) is 9.72. The number of hydrogen-bond donors (Lipinski definition) is 1. The number of nitrogens with two attached hydrogens (primary N) is 1. The van der Waals surface area contributed by atoms with Gasteiger partial charge in [-0.1, -0.05) is 30.3 Å². The first kappa shape index (κ1) is 11.6. The Morgan fingerprint density at radius 2 is 1.76 bits per heavy atom. The minimum atomic E-state index is 0.421. The Kier molecular flexibility index (Phi) is 3.75. The lowest BCUT2D eigenvalue weighted by Crippen LogP contribution is -1.98. The SMILES string of the molecule is COc1ccc(-c2cccc(CON)c2)cc1. The molecule has 0 aromatic heterocycles. The van der Waals surface area contributed by atoms with Crippen LogP contribution in [0, 0.1) is 0 Å². The zero-order chi connectivity index (χ0) is 12.1. The van der Waals surface area contributed by atoms with Crippen molar-refractivity contribution in [2.75, 3.05) is 7.11 Å². The summed E-state index contributed by atoms with van der Waals surface area (Å²) in [5.41, 5.74) is 3.34. The van der Waals surface area contributed by atoms with Crippen LogP contribution in [0.2, 0.25) is 0 Å². The summed E-state index contributed by atoms with van der Waals surface area (Å²) in [6.07, 6.45) is 0. The summed E-state index contributed by atoms with van der Waals surface area (Å²) in [5.74, 6) is 5.93. The van der Waals surface area contributed by atoms with E-state index in [1.807, 2.05) is 36.4 Å². The van der Waals surface area contributed by atoms with Crippen molar-refractivity contribution in [2.24, 2.45) is 5.90 Å². The molecule has 0 aliphatic heterocycles. The van der Waals surface area contributed by atoms with E-state index in [-0.39, 0.29) is 0 Å². The number of hydrogen-bond acceptors (Lipinski definition) is 3. The molecule has 0 fully saturated rings. The molecule has 0 aliphatic rings. The van der Waals surface area contributed by atoms with Gasteiger partial charge in [0.15, 0.2) is 0 Å². The summed E-state index contributed by atoms with van der Waals surface area (Å²) < 4.78 is 5.13. The summed E-state index contributed by atoms with van der Waals surface area (Å²) in [7, 11) is 1.66. The molecular weight excluding hydrogens is 214 g/mol. The third-order valence-electron chi connectivity index (χ3n) is 2.60. The highest BCUT2D eigenvalue weighted by Gasteiger charge is 2.00. The second-order valence-corrected chi connectivity index (χ2v) is 3.74. The van der Waals surface area contributed by atoms with Gasteiger partial charge in [0, 0.05) is 0 Å². The van der Waals surface area contributed by atoms with Crippen molar-refractivity contribution in [1.82, 2.24) is 0 Å². The van der Waals surface area contributed by atoms with Gasteiger partial charge in [-0.3, -0.25) is 4.84 Å². The van der Waals surface area contributed by atoms with Crippen LogP contribution in [0.4, 0.5) is 0 Å². The number of benzene rings is 2. The van der Waals surface area contributed by atoms with Crippen molar-refractivity contribution in [1.29, 1.82) is 0 Å². The van der Waals surface area contributed by atoms with Gasteiger partial charge in [-0.15, -0.1) is 0 Å². The monoisotopic (exact) mass is 229 g/mol. The second-order valence-electron chi connectivity index (χ2n) is 3.74. The summed E-state index contributed by atoms with van der Waals surface area (Å²) in [6, 6.07) is 16.1. The van der Waals surface area contributed by atoms with Crippen LogP contribution in [0.3, 0.4) is 0 Å². The van der Waals surface area contributed by atoms with Crippen LogP contribution < -0.4 is 10.6 Å². The molecule has 0 amide bonds. The van der Waals surface area contributed by atoms with Crippen LogP contribution in [0.1, 0.15) is 5.56 Å². The van der Waals surface area contributed by atoms with Gasteiger partial charge < -0.3 is 4.74 Å². The largest absolute Gasteiger partial charge is 0.497 e. The molecule has 2 aromatic carbocycles. The predicted molar refractivity (Wildman–Crippen MR) is 67.4 cm³/mol. The van der Waals surface area contributed by atoms with Gasteiger partial charge in [-0.05, 0) is 34.9 Å². The van der Waals surface area contributed by atoms with Crippen LogP contribution in [0.25, 0.3) is 11.1 Å². The smallest absolute Gasteiger partial charge is 0.118 e. The van der Waals surface area contributed by atoms with Gasteiger partial charge in [0.2, 0.25) is 0 Å². The molecule has 0 saturated carbocycles. The molecule has 0 unspecified atom stereocenters. The Hall–Kier alpha value is -1.84. The van der Waals surface area contributed by atoms with Gasteiger partial charge in [-0.2, -0.15) is 0 Å². The summed E-state index contributed by atoms with van der Waals surface area (Å²) in [5, 5.41) is 0. The van der Waals surface area contributed by atoms with E-state index in [2.05, 4.69) is 17.0 Å². The molecule has 17 heavy (non-hydrogen) atoms. The van der Waals surface area contributed by atoms with Crippen molar-refractivity contribution >= 4 is 0 Å². The van der Waals surface area contributed by atoms with E-state index in [0.29, 0.717) is 6.61 Å². The van der Waals surface area contributed by atoms with Crippen LogP contribution in [0.15, 0.2) is 48.5 Å². The number of ether oxygens (including phenoxy) is 1. The number of methoxy groups -OCH3 is 1. The molecule has 0 spiro atoms. The Bertz CT molecular complexity index is 480. The third-order valence-corrected chi connectivity index (χ3v) is 2.60. The van der Waals surface area contributed by atoms with Gasteiger partial charge in [0.1, 0.15) is 5.75 Å². The third kappa shape index (κ3) is 2.84. The molecule has 2 N–H and O–H groups in total. The summed E-state index contributed by atoms with van der Waals surface area (Å²) in [4.78, 5) is 4.64. The molecule has 0 bridgehead atoms. The Labute approximate surface area is 101 Å². The summed E-state index contributed by atoms with van der Waals surface area (Å²) in [6.45, 7) is 0.421. The average molecular weight is 229 g/mol. The lowest BCUT2D eigenvalue weighted by Gasteiger charge is -2.06. The normalized spacial score (nSPS) is 10.2. The quantitative estimate of drug-likeness (QED) is 0.820. The topological polar surface area (TPSA) is 44.5 Å². The average Bonchev–Trinajstić information content (AvgIpc) is 2.40. The van der Waals surface area contributed by atoms with Gasteiger partial charge in [0.25, 0.3) is 0 Å². The van der Waals surface area contributed by atoms with Crippen LogP contribution in [0.5, 0.6) is 5.75 Å². The molecule has 0 aliphatic carbocycles. The van der Waals surface area contributed by atoms with Crippen LogP contribution in [-0.2, 0) is 11.4 Å². The van der Waals surface area contributed by atoms with E-state index in [1.54, 1.807) is 7.11 Å². The van der Waals surface area contributed by atoms with E-state index in [4.69, 9.17) is 10.6 Å². The first-order chi connectivity index (χ1) is 8.33. The molecule has 2 aromatic rings. The van der Waals surface area contributed by atoms with E-state index in [9.17, 15) is 0 Å². The Balaban J connectivity index is 2.28. The van der Waals surface area contributed by atoms with Gasteiger partial charge in [0.05, 0.1) is 13.7 Å². The molecule has 3 heteroatoms. The lowest BCUT2D eigenvalue weighted by atomic mass is 10.0. The highest BCUT2D eigenvalue weighted by atomic mass is 16.6. The van der Waals surface area contributed by atoms with Crippen molar-refractivity contribution < 1.29 is 9.57 Å². The molecule has 2 rings (SSSR count). The van der Waals surface area contributed by atoms with E-state index >= 15 is 0 Å². The van der Waals surface area contributed by atoms with E-state index in [0.717, 1.165) is 22.4 Å². The fourth-order valence-corrected chi connectivity index (χ4v) is 1.72. The van der Waals surface area contributed by atoms with Crippen LogP contribution in [-0.4, -0.2) is 7.11 Å². The van der Waals surface area contributed by atoms with E-state index in [1.165, 1.54) is 0 Å². The fourth-order valence-electron chi connectivity index (χ4n) is 1.72. The Morgan fingerprint density at radius 1 is 1.00 bits per heavy atom. The zero-order valence-electron chi connectivity index (χ0n) is 9.72. The maximum absolute atomic E-state index is 5.13. The maximum atomic E-state index is 5.13. The highest BCUT2D eigenvalue weighted by molar-refractivity contribution is 5.64. The molecule has 3 nitrogen and oxygen atoms in total. The summed E-state index contributed by atoms with van der Waals surface area (Å²) >= 11 is 0. The minimum absolute atomic E-state index is 0.421. The molecule has 0 saturated heterocycles. The first-order valence-corrected chi connectivity index (χ1v) is 5.38. The lowest BCUT2D eigenvalue weighted by molar-refractivity contribution is 0.124. The second kappa shape index (κ2) is 5.48. The predicted octanol–water partition coefficient (Wildman–Crippen LogP) is 2.75. The van der Waals surface area contributed by atoms with Gasteiger partial charge >= 0.3 is 0 Å². The van der Waals surface area contributed by atoms with Crippen molar-refractivity contribution in [2.45, 2.75) is 6.61 Å². The molecule has 0 heterocycles. The standard InChI is InChI=1S/C14H15NO2/c1-16-14-7-5-12(6-8-14)13-4-2-3-11(9-13)10-17-15/h2-9H,10,15H2,1H3. The number of rotatable bonds is 4. The van der Waals surface area contributed by atoms with E-state index < -0.39 is 0 Å². The van der Waals surface area contributed by atoms with Crippen LogP contribution >= 0.6 is 0 Å². The maximum Gasteiger partial charge on any atom is 0.118 e. The molecule has 0 atom stereocenters. The molecular formula is C14H15NO2. The first-order valence-electron chi connectivity index (χ1n) is 5.38. The van der Waals surface area contributed by atoms with Crippen molar-refractivity contribution in [3.05, 3.63) is 54.1 Å². The van der Waals surface area contributed by atoms with Crippen molar-refractivity contribution in [3.63, 3.8) is 0 Å². The Morgan fingerprint density at radius 3 is 2.41 bits per heavy atom. The fraction of sp³-hybridized carbons (Fsp3) is 0.143. The minimum Gasteiger partial charge on any atom is -0.497 e. The van der Waals surface area contributed by atoms with Crippen molar-refractivity contribution in [3.8, 4) is 16.9 Å². The molecule has 0 radical (unpaired) electrons. The molecule has 88 valence electrons. The highest BCUT2D eigenvalue weighted by Crippen LogP contribution is 2.23. The van der Waals surface area contributed by atoms with Gasteiger partial charge in [-0.25, -0.2) is 5.90 Å².